The first-order chi connectivity index (χ1) is 21.0. The van der Waals surface area contributed by atoms with Crippen LogP contribution in [0.5, 0.6) is 0 Å². The van der Waals surface area contributed by atoms with Crippen LogP contribution in [0.25, 0.3) is 46.0 Å². The molecule has 2 N–H and O–H groups in total. The molecule has 0 radical (unpaired) electrons. The van der Waals surface area contributed by atoms with Crippen LogP contribution in [-0.4, -0.2) is 0 Å². The summed E-state index contributed by atoms with van der Waals surface area (Å²) in [6.07, 6.45) is 4.64. The molecule has 5 heteroatoms. The molecular formula is C38H31NS4. The molecule has 0 bridgehead atoms. The Morgan fingerprint density at radius 3 is 2.07 bits per heavy atom. The Morgan fingerprint density at radius 2 is 1.30 bits per heavy atom. The van der Waals surface area contributed by atoms with Crippen molar-refractivity contribution < 1.29 is 0 Å². The van der Waals surface area contributed by atoms with Crippen LogP contribution in [0, 0.1) is 12.8 Å². The maximum absolute atomic E-state index is 5.90. The number of hydrogen-bond donors (Lipinski definition) is 1. The zero-order valence-electron chi connectivity index (χ0n) is 24.1. The van der Waals surface area contributed by atoms with Crippen LogP contribution in [0.4, 0.5) is 5.69 Å². The number of allylic oxidation sites excluding steroid dienone is 1. The SMILES string of the molecule is Cc1ccc(-c2ccc(/C3=C/C(C)Cc4cc5c(cc4CS3)Cc3cc(-c4ccc(-c6ccc(N)cc6)s4)sc3-5)s2)cc1. The Balaban J connectivity index is 1.04. The highest BCUT2D eigenvalue weighted by atomic mass is 32.2. The van der Waals surface area contributed by atoms with Crippen LogP contribution in [-0.2, 0) is 18.6 Å². The maximum Gasteiger partial charge on any atom is 0.0452 e. The van der Waals surface area contributed by atoms with Gasteiger partial charge in [-0.2, -0.15) is 0 Å². The van der Waals surface area contributed by atoms with Gasteiger partial charge >= 0.3 is 0 Å². The van der Waals surface area contributed by atoms with Crippen molar-refractivity contribution in [1.29, 1.82) is 0 Å². The van der Waals surface area contributed by atoms with Crippen LogP contribution in [0.3, 0.4) is 0 Å². The van der Waals surface area contributed by atoms with Gasteiger partial charge in [0.2, 0.25) is 0 Å². The molecule has 0 amide bonds. The molecule has 1 unspecified atom stereocenters. The molecule has 0 spiro atoms. The number of hydrogen-bond acceptors (Lipinski definition) is 5. The average Bonchev–Trinajstić information content (AvgIpc) is 3.79. The number of anilines is 1. The van der Waals surface area contributed by atoms with E-state index in [0.717, 1.165) is 24.3 Å². The fourth-order valence-electron chi connectivity index (χ4n) is 6.17. The van der Waals surface area contributed by atoms with Gasteiger partial charge in [-0.15, -0.1) is 45.8 Å². The Morgan fingerprint density at radius 1 is 0.628 bits per heavy atom. The van der Waals surface area contributed by atoms with Crippen LogP contribution in [0.2, 0.25) is 0 Å². The molecule has 1 atom stereocenters. The zero-order chi connectivity index (χ0) is 29.1. The van der Waals surface area contributed by atoms with Crippen molar-refractivity contribution in [3.8, 4) is 41.1 Å². The Labute approximate surface area is 269 Å². The minimum atomic E-state index is 0.488. The van der Waals surface area contributed by atoms with Crippen molar-refractivity contribution in [3.05, 3.63) is 130 Å². The summed E-state index contributed by atoms with van der Waals surface area (Å²) in [6, 6.07) is 33.7. The van der Waals surface area contributed by atoms with Crippen molar-refractivity contribution in [2.24, 2.45) is 5.92 Å². The third-order valence-electron chi connectivity index (χ3n) is 8.45. The van der Waals surface area contributed by atoms with Gasteiger partial charge < -0.3 is 5.73 Å². The molecule has 1 nitrogen and oxygen atoms in total. The highest BCUT2D eigenvalue weighted by molar-refractivity contribution is 8.07. The number of thioether (sulfide) groups is 1. The van der Waals surface area contributed by atoms with Crippen molar-refractivity contribution in [3.63, 3.8) is 0 Å². The van der Waals surface area contributed by atoms with E-state index < -0.39 is 0 Å². The number of nitrogens with two attached hydrogens (primary N) is 1. The predicted molar refractivity (Wildman–Crippen MR) is 192 cm³/mol. The summed E-state index contributed by atoms with van der Waals surface area (Å²) in [7, 11) is 0. The van der Waals surface area contributed by atoms with E-state index in [1.165, 1.54) is 78.7 Å². The lowest BCUT2D eigenvalue weighted by Gasteiger charge is -2.20. The Kier molecular flexibility index (Phi) is 6.95. The van der Waals surface area contributed by atoms with E-state index in [1.54, 1.807) is 0 Å². The van der Waals surface area contributed by atoms with Crippen molar-refractivity contribution >= 4 is 56.4 Å². The number of rotatable bonds is 4. The summed E-state index contributed by atoms with van der Waals surface area (Å²) in [5.74, 6) is 1.52. The normalized spacial score (nSPS) is 17.0. The van der Waals surface area contributed by atoms with Gasteiger partial charge in [0, 0.05) is 45.6 Å². The quantitative estimate of drug-likeness (QED) is 0.196. The molecule has 2 aliphatic rings. The van der Waals surface area contributed by atoms with E-state index in [1.807, 2.05) is 57.9 Å². The summed E-state index contributed by atoms with van der Waals surface area (Å²) in [5.41, 5.74) is 18.0. The third-order valence-corrected chi connectivity index (χ3v) is 13.4. The molecule has 6 aromatic rings. The van der Waals surface area contributed by atoms with Gasteiger partial charge in [-0.05, 0) is 113 Å². The first-order valence-corrected chi connectivity index (χ1v) is 18.2. The summed E-state index contributed by atoms with van der Waals surface area (Å²) in [4.78, 5) is 9.65. The topological polar surface area (TPSA) is 26.0 Å². The average molecular weight is 630 g/mol. The molecule has 43 heavy (non-hydrogen) atoms. The second kappa shape index (κ2) is 11.0. The molecular weight excluding hydrogens is 599 g/mol. The van der Waals surface area contributed by atoms with Crippen LogP contribution in [0.1, 0.15) is 39.6 Å². The van der Waals surface area contributed by atoms with Crippen molar-refractivity contribution in [1.82, 2.24) is 0 Å². The van der Waals surface area contributed by atoms with Crippen molar-refractivity contribution in [2.45, 2.75) is 32.4 Å². The number of benzene rings is 3. The summed E-state index contributed by atoms with van der Waals surface area (Å²) < 4.78 is 0. The number of fused-ring (bicyclic) bond motifs is 4. The second-order valence-corrected chi connectivity index (χ2v) is 16.0. The smallest absolute Gasteiger partial charge is 0.0452 e. The van der Waals surface area contributed by atoms with Gasteiger partial charge in [-0.3, -0.25) is 0 Å². The van der Waals surface area contributed by atoms with Crippen LogP contribution < -0.4 is 5.73 Å². The minimum Gasteiger partial charge on any atom is -0.399 e. The summed E-state index contributed by atoms with van der Waals surface area (Å²) >= 11 is 7.76. The monoisotopic (exact) mass is 629 g/mol. The fraction of sp³-hybridized carbons (Fsp3) is 0.158. The molecule has 4 heterocycles. The van der Waals surface area contributed by atoms with E-state index in [2.05, 4.69) is 98.8 Å². The van der Waals surface area contributed by atoms with Gasteiger partial charge in [-0.25, -0.2) is 0 Å². The largest absolute Gasteiger partial charge is 0.399 e. The first kappa shape index (κ1) is 27.2. The third kappa shape index (κ3) is 5.23. The van der Waals surface area contributed by atoms with E-state index in [4.69, 9.17) is 5.73 Å². The Hall–Kier alpha value is -3.35. The highest BCUT2D eigenvalue weighted by Crippen LogP contribution is 2.49. The van der Waals surface area contributed by atoms with Gasteiger partial charge in [0.25, 0.3) is 0 Å². The lowest BCUT2D eigenvalue weighted by atomic mass is 9.93. The molecule has 3 aromatic carbocycles. The molecule has 0 saturated heterocycles. The van der Waals surface area contributed by atoms with Crippen LogP contribution >= 0.6 is 45.8 Å². The molecule has 1 aliphatic heterocycles. The molecule has 0 fully saturated rings. The summed E-state index contributed by atoms with van der Waals surface area (Å²) in [5, 5.41) is 0. The molecule has 3 aromatic heterocycles. The maximum atomic E-state index is 5.90. The van der Waals surface area contributed by atoms with E-state index >= 15 is 0 Å². The molecule has 8 rings (SSSR count). The van der Waals surface area contributed by atoms with E-state index in [-0.39, 0.29) is 0 Å². The van der Waals surface area contributed by atoms with Gasteiger partial charge in [0.05, 0.1) is 0 Å². The number of aryl methyl sites for hydroxylation is 1. The van der Waals surface area contributed by atoms with Crippen LogP contribution in [0.15, 0.2) is 97.1 Å². The predicted octanol–water partition coefficient (Wildman–Crippen LogP) is 11.8. The second-order valence-electron chi connectivity index (χ2n) is 11.7. The van der Waals surface area contributed by atoms with Gasteiger partial charge in [-0.1, -0.05) is 61.0 Å². The fourth-order valence-corrected chi connectivity index (χ4v) is 10.9. The van der Waals surface area contributed by atoms with E-state index in [0.29, 0.717) is 5.92 Å². The summed E-state index contributed by atoms with van der Waals surface area (Å²) in [6.45, 7) is 4.52. The first-order valence-electron chi connectivity index (χ1n) is 14.7. The number of nitrogen functional groups attached to an aromatic ring is 1. The Bertz CT molecular complexity index is 2000. The lowest BCUT2D eigenvalue weighted by Crippen LogP contribution is -2.04. The number of thiophene rings is 3. The van der Waals surface area contributed by atoms with Gasteiger partial charge in [0.15, 0.2) is 0 Å². The van der Waals surface area contributed by atoms with Crippen molar-refractivity contribution in [2.75, 3.05) is 5.73 Å². The standard InChI is InChI=1S/C38H31NS4/c1-22-3-5-24(6-4-22)32-11-13-34(41-32)36-16-23(2)15-26-19-31-27(18-29(26)21-40-36)17-28-20-37(43-38(28)31)35-14-12-33(42-35)25-7-9-30(39)10-8-25/h3-14,16,18-20,23H,15,17,21,39H2,1-2H3/b36-16-. The molecule has 0 saturated carbocycles. The highest BCUT2D eigenvalue weighted by Gasteiger charge is 2.26. The zero-order valence-corrected chi connectivity index (χ0v) is 27.4. The van der Waals surface area contributed by atoms with Gasteiger partial charge in [0.1, 0.15) is 0 Å². The molecule has 212 valence electrons. The van der Waals surface area contributed by atoms with E-state index in [9.17, 15) is 0 Å². The lowest BCUT2D eigenvalue weighted by molar-refractivity contribution is 0.721. The minimum absolute atomic E-state index is 0.488. The molecule has 1 aliphatic carbocycles.